The van der Waals surface area contributed by atoms with Crippen LogP contribution >= 0.6 is 11.8 Å². The summed E-state index contributed by atoms with van der Waals surface area (Å²) in [5.74, 6) is 0.935. The summed E-state index contributed by atoms with van der Waals surface area (Å²) < 4.78 is 25.4. The highest BCUT2D eigenvalue weighted by Gasteiger charge is 2.18. The number of hydrogen-bond acceptors (Lipinski definition) is 7. The summed E-state index contributed by atoms with van der Waals surface area (Å²) >= 11 is 1.23. The number of amides is 2. The summed E-state index contributed by atoms with van der Waals surface area (Å²) in [6.45, 7) is 2.82. The number of ether oxygens (including phenoxy) is 2. The van der Waals surface area contributed by atoms with Gasteiger partial charge in [-0.25, -0.2) is 4.39 Å². The van der Waals surface area contributed by atoms with Crippen LogP contribution in [0.3, 0.4) is 0 Å². The molecule has 0 radical (unpaired) electrons. The molecule has 0 fully saturated rings. The topological polar surface area (TPSA) is 107 Å². The molecule has 166 valence electrons. The smallest absolute Gasteiger partial charge is 0.251 e. The molecule has 1 aliphatic heterocycles. The second-order valence-corrected chi connectivity index (χ2v) is 7.68. The van der Waals surface area contributed by atoms with Gasteiger partial charge >= 0.3 is 0 Å². The number of benzene rings is 2. The standard InChI is InChI=1S/C21H20FN5O4S/c1-2-27-18(10-23-20(29)13-3-8-16-17(9-13)31-12-30-16)25-26-21(27)32-11-19(28)24-15-6-4-14(22)5-7-15/h3-9H,2,10-12H2,1H3,(H,23,29)(H,24,28). The average Bonchev–Trinajstić information content (AvgIpc) is 3.43. The van der Waals surface area contributed by atoms with E-state index in [9.17, 15) is 14.0 Å². The van der Waals surface area contributed by atoms with Crippen LogP contribution in [0, 0.1) is 5.82 Å². The van der Waals surface area contributed by atoms with E-state index in [0.717, 1.165) is 0 Å². The fourth-order valence-corrected chi connectivity index (χ4v) is 3.86. The normalized spacial score (nSPS) is 11.9. The number of hydrogen-bond donors (Lipinski definition) is 2. The van der Waals surface area contributed by atoms with Crippen molar-refractivity contribution in [2.75, 3.05) is 17.9 Å². The Bertz CT molecular complexity index is 1140. The van der Waals surface area contributed by atoms with Gasteiger partial charge in [0.1, 0.15) is 5.82 Å². The van der Waals surface area contributed by atoms with E-state index in [1.165, 1.54) is 36.0 Å². The Morgan fingerprint density at radius 2 is 1.91 bits per heavy atom. The van der Waals surface area contributed by atoms with Crippen molar-refractivity contribution in [3.63, 3.8) is 0 Å². The predicted molar refractivity (Wildman–Crippen MR) is 115 cm³/mol. The van der Waals surface area contributed by atoms with Crippen molar-refractivity contribution in [2.45, 2.75) is 25.2 Å². The number of thioether (sulfide) groups is 1. The first kappa shape index (κ1) is 21.6. The minimum atomic E-state index is -0.369. The molecule has 11 heteroatoms. The second-order valence-electron chi connectivity index (χ2n) is 6.74. The molecule has 2 N–H and O–H groups in total. The maximum absolute atomic E-state index is 13.0. The third-order valence-electron chi connectivity index (χ3n) is 4.61. The zero-order valence-electron chi connectivity index (χ0n) is 17.1. The lowest BCUT2D eigenvalue weighted by molar-refractivity contribution is -0.113. The van der Waals surface area contributed by atoms with Crippen LogP contribution in [0.15, 0.2) is 47.6 Å². The van der Waals surface area contributed by atoms with Gasteiger partial charge in [0.25, 0.3) is 5.91 Å². The van der Waals surface area contributed by atoms with Crippen molar-refractivity contribution >= 4 is 29.3 Å². The van der Waals surface area contributed by atoms with E-state index in [-0.39, 0.29) is 36.7 Å². The summed E-state index contributed by atoms with van der Waals surface area (Å²) in [5.41, 5.74) is 0.963. The number of anilines is 1. The molecule has 0 saturated heterocycles. The molecule has 0 aliphatic carbocycles. The zero-order chi connectivity index (χ0) is 22.5. The van der Waals surface area contributed by atoms with Crippen LogP contribution in [0.4, 0.5) is 10.1 Å². The molecule has 1 aromatic heterocycles. The van der Waals surface area contributed by atoms with Crippen molar-refractivity contribution in [1.29, 1.82) is 0 Å². The lowest BCUT2D eigenvalue weighted by Gasteiger charge is -2.09. The largest absolute Gasteiger partial charge is 0.454 e. The summed E-state index contributed by atoms with van der Waals surface area (Å²) in [4.78, 5) is 24.7. The molecule has 0 atom stereocenters. The number of nitrogens with one attached hydrogen (secondary N) is 2. The Labute approximate surface area is 187 Å². The van der Waals surface area contributed by atoms with Gasteiger partial charge in [-0.2, -0.15) is 0 Å². The van der Waals surface area contributed by atoms with Crippen LogP contribution in [0.5, 0.6) is 11.5 Å². The molecule has 0 spiro atoms. The van der Waals surface area contributed by atoms with E-state index in [1.807, 2.05) is 11.5 Å². The van der Waals surface area contributed by atoms with Gasteiger partial charge in [0, 0.05) is 17.8 Å². The Morgan fingerprint density at radius 1 is 1.12 bits per heavy atom. The molecule has 2 amide bonds. The van der Waals surface area contributed by atoms with E-state index < -0.39 is 0 Å². The predicted octanol–water partition coefficient (Wildman–Crippen LogP) is 2.83. The quantitative estimate of drug-likeness (QED) is 0.501. The summed E-state index contributed by atoms with van der Waals surface area (Å²) in [7, 11) is 0. The van der Waals surface area contributed by atoms with Gasteiger partial charge in [0.2, 0.25) is 12.7 Å². The van der Waals surface area contributed by atoms with Crippen molar-refractivity contribution in [3.8, 4) is 11.5 Å². The number of nitrogens with zero attached hydrogens (tertiary/aromatic N) is 3. The van der Waals surface area contributed by atoms with Crippen molar-refractivity contribution in [1.82, 2.24) is 20.1 Å². The fraction of sp³-hybridized carbons (Fsp3) is 0.238. The van der Waals surface area contributed by atoms with Crippen LogP contribution in [0.25, 0.3) is 0 Å². The third kappa shape index (κ3) is 4.99. The SMILES string of the molecule is CCn1c(CNC(=O)c2ccc3c(c2)OCO3)nnc1SCC(=O)Nc1ccc(F)cc1. The van der Waals surface area contributed by atoms with Crippen molar-refractivity contribution < 1.29 is 23.5 Å². The number of halogens is 1. The molecule has 3 aromatic rings. The second kappa shape index (κ2) is 9.69. The number of carbonyl (C=O) groups is 2. The van der Waals surface area contributed by atoms with Crippen LogP contribution in [0.1, 0.15) is 23.1 Å². The average molecular weight is 457 g/mol. The van der Waals surface area contributed by atoms with Gasteiger partial charge in [-0.05, 0) is 49.4 Å². The molecule has 1 aliphatic rings. The van der Waals surface area contributed by atoms with Crippen LogP contribution < -0.4 is 20.1 Å². The highest BCUT2D eigenvalue weighted by atomic mass is 32.2. The van der Waals surface area contributed by atoms with Crippen LogP contribution in [-0.4, -0.2) is 39.1 Å². The van der Waals surface area contributed by atoms with E-state index in [2.05, 4.69) is 20.8 Å². The first-order valence-electron chi connectivity index (χ1n) is 9.81. The lowest BCUT2D eigenvalue weighted by Crippen LogP contribution is -2.24. The maximum atomic E-state index is 13.0. The Kier molecular flexibility index (Phi) is 6.55. The number of rotatable bonds is 8. The number of fused-ring (bicyclic) bond motifs is 1. The minimum Gasteiger partial charge on any atom is -0.454 e. The summed E-state index contributed by atoms with van der Waals surface area (Å²) in [6, 6.07) is 10.5. The van der Waals surface area contributed by atoms with E-state index in [1.54, 1.807) is 18.2 Å². The fourth-order valence-electron chi connectivity index (χ4n) is 3.03. The molecule has 2 heterocycles. The molecule has 0 bridgehead atoms. The van der Waals surface area contributed by atoms with Crippen LogP contribution in [0.2, 0.25) is 0 Å². The Hall–Kier alpha value is -3.60. The molecule has 4 rings (SSSR count). The van der Waals surface area contributed by atoms with Crippen LogP contribution in [-0.2, 0) is 17.9 Å². The highest BCUT2D eigenvalue weighted by molar-refractivity contribution is 7.99. The molecular formula is C21H20FN5O4S. The summed E-state index contributed by atoms with van der Waals surface area (Å²) in [5, 5.41) is 14.4. The van der Waals surface area contributed by atoms with Gasteiger partial charge < -0.3 is 24.7 Å². The molecule has 2 aromatic carbocycles. The number of aromatic nitrogens is 3. The maximum Gasteiger partial charge on any atom is 0.251 e. The van der Waals surface area contributed by atoms with Crippen molar-refractivity contribution in [2.24, 2.45) is 0 Å². The molecule has 32 heavy (non-hydrogen) atoms. The van der Waals surface area contributed by atoms with Crippen molar-refractivity contribution in [3.05, 3.63) is 59.7 Å². The first-order valence-corrected chi connectivity index (χ1v) is 10.8. The van der Waals surface area contributed by atoms with Gasteiger partial charge in [-0.3, -0.25) is 9.59 Å². The summed E-state index contributed by atoms with van der Waals surface area (Å²) in [6.07, 6.45) is 0. The van der Waals surface area contributed by atoms with E-state index >= 15 is 0 Å². The Morgan fingerprint density at radius 3 is 2.69 bits per heavy atom. The monoisotopic (exact) mass is 457 g/mol. The molecule has 9 nitrogen and oxygen atoms in total. The molecule has 0 saturated carbocycles. The van der Waals surface area contributed by atoms with Gasteiger partial charge in [-0.15, -0.1) is 10.2 Å². The van der Waals surface area contributed by atoms with E-state index in [4.69, 9.17) is 9.47 Å². The van der Waals surface area contributed by atoms with Gasteiger partial charge in [0.15, 0.2) is 22.5 Å². The molecular weight excluding hydrogens is 437 g/mol. The minimum absolute atomic E-state index is 0.110. The van der Waals surface area contributed by atoms with Gasteiger partial charge in [-0.1, -0.05) is 11.8 Å². The van der Waals surface area contributed by atoms with Gasteiger partial charge in [0.05, 0.1) is 12.3 Å². The zero-order valence-corrected chi connectivity index (χ0v) is 17.9. The first-order chi connectivity index (χ1) is 15.5. The van der Waals surface area contributed by atoms with E-state index in [0.29, 0.717) is 40.3 Å². The molecule has 0 unspecified atom stereocenters. The highest BCUT2D eigenvalue weighted by Crippen LogP contribution is 2.32. The third-order valence-corrected chi connectivity index (χ3v) is 5.58. The number of carbonyl (C=O) groups excluding carboxylic acids is 2. The Balaban J connectivity index is 1.32. The lowest BCUT2D eigenvalue weighted by atomic mass is 10.2.